The minimum absolute atomic E-state index is 0. The second-order valence-electron chi connectivity index (χ2n) is 2.42. The van der Waals surface area contributed by atoms with E-state index in [1.54, 1.807) is 13.8 Å². The van der Waals surface area contributed by atoms with Crippen LogP contribution in [0.25, 0.3) is 0 Å². The summed E-state index contributed by atoms with van der Waals surface area (Å²) in [6.07, 6.45) is -0.167. The largest absolute Gasteiger partial charge is 0.395 e. The number of hydrogen-bond acceptors (Lipinski definition) is 3. The molecule has 0 aliphatic heterocycles. The third-order valence-electron chi connectivity index (χ3n) is 0.642. The molecule has 0 amide bonds. The van der Waals surface area contributed by atoms with Crippen LogP contribution in [0.15, 0.2) is 0 Å². The quantitative estimate of drug-likeness (QED) is 0.328. The third-order valence-corrected chi connectivity index (χ3v) is 0.642. The number of aliphatic hydroxyl groups excluding tert-OH is 2. The first kappa shape index (κ1) is 18.4. The zero-order valence-electron chi connectivity index (χ0n) is 8.01. The molecule has 4 nitrogen and oxygen atoms in total. The molecule has 0 heterocycles. The molecule has 0 aliphatic carbocycles. The van der Waals surface area contributed by atoms with Crippen molar-refractivity contribution in [3.05, 3.63) is 0 Å². The van der Waals surface area contributed by atoms with E-state index in [9.17, 15) is 0 Å². The van der Waals surface area contributed by atoms with Gasteiger partial charge in [-0.1, -0.05) is 0 Å². The molecule has 5 heteroatoms. The van der Waals surface area contributed by atoms with Crippen molar-refractivity contribution < 1.29 is 37.7 Å². The minimum Gasteiger partial charge on any atom is -0.395 e. The molecule has 74 valence electrons. The van der Waals surface area contributed by atoms with Crippen LogP contribution in [0, 0.1) is 0 Å². The van der Waals surface area contributed by atoms with Gasteiger partial charge in [-0.25, -0.2) is 0 Å². The van der Waals surface area contributed by atoms with Gasteiger partial charge in [-0.15, -0.1) is 0 Å². The zero-order chi connectivity index (χ0) is 9.11. The monoisotopic (exact) mass is 213 g/mol. The summed E-state index contributed by atoms with van der Waals surface area (Å²) in [7, 11) is 0. The molecule has 0 spiro atoms. The van der Waals surface area contributed by atoms with Crippen molar-refractivity contribution in [2.24, 2.45) is 0 Å². The average Bonchev–Trinajstić information content (AvgIpc) is 1.88. The molecule has 0 fully saturated rings. The first-order valence-corrected chi connectivity index (χ1v) is 3.94. The van der Waals surface area contributed by atoms with Gasteiger partial charge in [-0.05, 0) is 13.8 Å². The van der Waals surface area contributed by atoms with Crippen LogP contribution in [0.3, 0.4) is 0 Å². The normalized spacial score (nSPS) is 8.50. The summed E-state index contributed by atoms with van der Waals surface area (Å²) in [6, 6.07) is 0. The SMILES string of the molecule is CC(C)O.[NH3+]CCNCCO.[Ti]. The van der Waals surface area contributed by atoms with Crippen molar-refractivity contribution in [1.29, 1.82) is 0 Å². The Balaban J connectivity index is -0.000000142. The van der Waals surface area contributed by atoms with Gasteiger partial charge in [0, 0.05) is 40.9 Å². The van der Waals surface area contributed by atoms with Gasteiger partial charge in [-0.3, -0.25) is 0 Å². The fourth-order valence-corrected chi connectivity index (χ4v) is 0.329. The molecule has 0 saturated heterocycles. The molecule has 0 aliphatic rings. The maximum Gasteiger partial charge on any atom is 0.0866 e. The van der Waals surface area contributed by atoms with Crippen molar-refractivity contribution in [1.82, 2.24) is 5.32 Å². The van der Waals surface area contributed by atoms with Crippen LogP contribution in [-0.2, 0) is 21.7 Å². The molecule has 0 aromatic rings. The third kappa shape index (κ3) is 46.4. The predicted octanol–water partition coefficient (Wildman–Crippen LogP) is -1.81. The Kier molecular flexibility index (Phi) is 26.9. The van der Waals surface area contributed by atoms with Crippen LogP contribution in [0.5, 0.6) is 0 Å². The van der Waals surface area contributed by atoms with E-state index >= 15 is 0 Å². The van der Waals surface area contributed by atoms with E-state index < -0.39 is 0 Å². The molecular formula is C7H21N2O2Ti+. The molecule has 0 aromatic carbocycles. The van der Waals surface area contributed by atoms with Gasteiger partial charge in [0.05, 0.1) is 13.2 Å². The summed E-state index contributed by atoms with van der Waals surface area (Å²) in [6.45, 7) is 6.15. The molecular weight excluding hydrogens is 192 g/mol. The van der Waals surface area contributed by atoms with E-state index in [1.807, 2.05) is 0 Å². The summed E-state index contributed by atoms with van der Waals surface area (Å²) in [5, 5.41) is 19.2. The number of aliphatic hydroxyl groups is 2. The maximum absolute atomic E-state index is 8.21. The number of rotatable bonds is 4. The van der Waals surface area contributed by atoms with Gasteiger partial charge in [-0.2, -0.15) is 0 Å². The fraction of sp³-hybridized carbons (Fsp3) is 1.00. The van der Waals surface area contributed by atoms with Crippen LogP contribution in [0.2, 0.25) is 0 Å². The summed E-state index contributed by atoms with van der Waals surface area (Å²) < 4.78 is 0. The van der Waals surface area contributed by atoms with Gasteiger partial charge in [0.15, 0.2) is 0 Å². The second-order valence-corrected chi connectivity index (χ2v) is 2.42. The van der Waals surface area contributed by atoms with E-state index in [0.717, 1.165) is 13.1 Å². The van der Waals surface area contributed by atoms with Gasteiger partial charge in [0.1, 0.15) is 0 Å². The van der Waals surface area contributed by atoms with Crippen LogP contribution in [0.1, 0.15) is 13.8 Å². The first-order chi connectivity index (χ1) is 5.15. The van der Waals surface area contributed by atoms with Crippen LogP contribution < -0.4 is 11.1 Å². The number of hydrogen-bond donors (Lipinski definition) is 4. The fourth-order valence-electron chi connectivity index (χ4n) is 0.329. The number of nitrogens with one attached hydrogen (secondary N) is 1. The average molecular weight is 213 g/mol. The Morgan fingerprint density at radius 1 is 1.33 bits per heavy atom. The smallest absolute Gasteiger partial charge is 0.0866 e. The van der Waals surface area contributed by atoms with Crippen molar-refractivity contribution in [2.75, 3.05) is 26.2 Å². The van der Waals surface area contributed by atoms with Crippen molar-refractivity contribution in [3.63, 3.8) is 0 Å². The molecule has 0 bridgehead atoms. The van der Waals surface area contributed by atoms with E-state index in [2.05, 4.69) is 11.1 Å². The van der Waals surface area contributed by atoms with Crippen molar-refractivity contribution in [3.8, 4) is 0 Å². The van der Waals surface area contributed by atoms with Gasteiger partial charge >= 0.3 is 0 Å². The molecule has 0 unspecified atom stereocenters. The Labute approximate surface area is 89.4 Å². The molecule has 0 saturated carbocycles. The van der Waals surface area contributed by atoms with Gasteiger partial charge in [0.25, 0.3) is 0 Å². The Morgan fingerprint density at radius 3 is 2.00 bits per heavy atom. The zero-order valence-corrected chi connectivity index (χ0v) is 9.57. The van der Waals surface area contributed by atoms with Crippen LogP contribution in [-0.4, -0.2) is 42.6 Å². The topological polar surface area (TPSA) is 80.1 Å². The molecule has 6 N–H and O–H groups in total. The molecule has 0 atom stereocenters. The second kappa shape index (κ2) is 17.6. The van der Waals surface area contributed by atoms with E-state index in [1.165, 1.54) is 0 Å². The van der Waals surface area contributed by atoms with Crippen LogP contribution >= 0.6 is 0 Å². The molecule has 0 aromatic heterocycles. The minimum atomic E-state index is -0.167. The van der Waals surface area contributed by atoms with Crippen molar-refractivity contribution >= 4 is 0 Å². The Morgan fingerprint density at radius 2 is 1.75 bits per heavy atom. The first-order valence-electron chi connectivity index (χ1n) is 3.94. The van der Waals surface area contributed by atoms with E-state index in [0.29, 0.717) is 6.54 Å². The van der Waals surface area contributed by atoms with E-state index in [-0.39, 0.29) is 34.4 Å². The summed E-state index contributed by atoms with van der Waals surface area (Å²) in [4.78, 5) is 0. The predicted molar refractivity (Wildman–Crippen MR) is 45.1 cm³/mol. The molecule has 0 radical (unpaired) electrons. The van der Waals surface area contributed by atoms with E-state index in [4.69, 9.17) is 10.2 Å². The number of quaternary nitrogens is 1. The van der Waals surface area contributed by atoms with Crippen molar-refractivity contribution in [2.45, 2.75) is 20.0 Å². The summed E-state index contributed by atoms with van der Waals surface area (Å²) >= 11 is 0. The maximum atomic E-state index is 8.21. The van der Waals surface area contributed by atoms with Gasteiger partial charge in [0.2, 0.25) is 0 Å². The van der Waals surface area contributed by atoms with Crippen LogP contribution in [0.4, 0.5) is 0 Å². The molecule has 12 heavy (non-hydrogen) atoms. The summed E-state index contributed by atoms with van der Waals surface area (Å²) in [5.74, 6) is 0. The Bertz CT molecular complexity index is 58.6. The standard InChI is InChI=1S/C4H12N2O.C3H8O.Ti/c5-1-2-6-3-4-7;1-3(2)4;/h6-7H,1-5H2;3-4H,1-2H3;/p+1. The van der Waals surface area contributed by atoms with Gasteiger partial charge < -0.3 is 21.3 Å². The Hall–Kier alpha value is 0.554. The molecule has 0 rings (SSSR count). The summed E-state index contributed by atoms with van der Waals surface area (Å²) in [5.41, 5.74) is 3.61.